The Morgan fingerprint density at radius 1 is 1.31 bits per heavy atom. The van der Waals surface area contributed by atoms with Gasteiger partial charge in [-0.1, -0.05) is 0 Å². The highest BCUT2D eigenvalue weighted by Gasteiger charge is 2.31. The number of hydrogen-bond donors (Lipinski definition) is 0. The van der Waals surface area contributed by atoms with E-state index in [1.807, 2.05) is 13.0 Å². The van der Waals surface area contributed by atoms with Gasteiger partial charge in [0, 0.05) is 22.9 Å². The molecule has 0 N–H and O–H groups in total. The summed E-state index contributed by atoms with van der Waals surface area (Å²) in [7, 11) is 0. The van der Waals surface area contributed by atoms with Crippen molar-refractivity contribution in [2.45, 2.75) is 53.5 Å². The van der Waals surface area contributed by atoms with E-state index in [1.165, 1.54) is 5.57 Å². The molecule has 0 amide bonds. The number of ether oxygens (including phenoxy) is 1. The van der Waals surface area contributed by atoms with Gasteiger partial charge < -0.3 is 19.2 Å². The van der Waals surface area contributed by atoms with Crippen molar-refractivity contribution in [1.29, 1.82) is 0 Å². The number of aliphatic carboxylic acids is 1. The van der Waals surface area contributed by atoms with Crippen LogP contribution in [0.4, 0.5) is 0 Å². The maximum atomic E-state index is 12.2. The van der Waals surface area contributed by atoms with Crippen LogP contribution in [0, 0.1) is 6.92 Å². The minimum Gasteiger partial charge on any atom is -0.550 e. The second-order valence-electron chi connectivity index (χ2n) is 6.77. The summed E-state index contributed by atoms with van der Waals surface area (Å²) in [4.78, 5) is 27.8. The number of esters is 1. The molecule has 6 nitrogen and oxygen atoms in total. The van der Waals surface area contributed by atoms with Crippen molar-refractivity contribution in [1.82, 2.24) is 9.55 Å². The van der Waals surface area contributed by atoms with E-state index in [0.29, 0.717) is 17.8 Å². The number of carboxylic acid groups (broad SMARTS) is 1. The molecule has 0 unspecified atom stereocenters. The van der Waals surface area contributed by atoms with Gasteiger partial charge in [0.05, 0.1) is 18.3 Å². The molecule has 3 heterocycles. The van der Waals surface area contributed by atoms with E-state index in [-0.39, 0.29) is 19.1 Å². The van der Waals surface area contributed by atoms with Crippen molar-refractivity contribution in [3.63, 3.8) is 0 Å². The molecular weight excluding hydrogens is 332 g/mol. The number of carbonyl (C=O) groups is 2. The summed E-state index contributed by atoms with van der Waals surface area (Å²) in [6.45, 7) is 10.1. The number of fused-ring (bicyclic) bond motifs is 2. The van der Waals surface area contributed by atoms with Crippen LogP contribution in [0.15, 0.2) is 11.6 Å². The van der Waals surface area contributed by atoms with Gasteiger partial charge in [-0.3, -0.25) is 0 Å². The number of aromatic nitrogens is 2. The Morgan fingerprint density at radius 2 is 2.00 bits per heavy atom. The van der Waals surface area contributed by atoms with Gasteiger partial charge in [-0.2, -0.15) is 0 Å². The first-order valence-corrected chi connectivity index (χ1v) is 8.87. The first-order chi connectivity index (χ1) is 12.3. The molecule has 0 aromatic heterocycles. The molecule has 3 rings (SSSR count). The van der Waals surface area contributed by atoms with E-state index >= 15 is 0 Å². The molecule has 6 heteroatoms. The smallest absolute Gasteiger partial charge is 0.357 e. The van der Waals surface area contributed by atoms with Crippen molar-refractivity contribution in [2.24, 2.45) is 0 Å². The monoisotopic (exact) mass is 355 g/mol. The Bertz CT molecular complexity index is 907. The van der Waals surface area contributed by atoms with Gasteiger partial charge in [-0.25, -0.2) is 9.78 Å². The van der Waals surface area contributed by atoms with Crippen molar-refractivity contribution < 1.29 is 19.4 Å². The predicted molar refractivity (Wildman–Crippen MR) is 95.8 cm³/mol. The number of hydrogen-bond acceptors (Lipinski definition) is 5. The standard InChI is InChI=1S/C20H24N2O4/c1-6-26-20(25)19-12(4)18-14(21-19)9-16-11(3)10(2)13(5)22(16)15(18)7-8-17(23)24/h9,13H,6-8H2,1-5H3,(H,23,24)/p-1/t13-/m0/s1. The lowest BCUT2D eigenvalue weighted by molar-refractivity contribution is -0.305. The van der Waals surface area contributed by atoms with Crippen LogP contribution in [0.5, 0.6) is 0 Å². The fourth-order valence-corrected chi connectivity index (χ4v) is 3.81. The summed E-state index contributed by atoms with van der Waals surface area (Å²) < 4.78 is 7.28. The molecule has 138 valence electrons. The predicted octanol–water partition coefficient (Wildman–Crippen LogP) is 2.52. The topological polar surface area (TPSA) is 84.2 Å². The van der Waals surface area contributed by atoms with E-state index < -0.39 is 11.9 Å². The van der Waals surface area contributed by atoms with Gasteiger partial charge >= 0.3 is 5.97 Å². The summed E-state index contributed by atoms with van der Waals surface area (Å²) >= 11 is 0. The van der Waals surface area contributed by atoms with Gasteiger partial charge in [0.15, 0.2) is 5.69 Å². The Balaban J connectivity index is 2.27. The SMILES string of the molecule is CCOC(=O)c1nc2cc3n(c(CCC(=O)[O-])c-2c1C)[C@@H](C)C(C)=C3C. The molecule has 0 spiro atoms. The van der Waals surface area contributed by atoms with E-state index in [0.717, 1.165) is 28.1 Å². The third-order valence-electron chi connectivity index (χ3n) is 5.36. The number of pyridine rings is 1. The van der Waals surface area contributed by atoms with E-state index in [4.69, 9.17) is 4.74 Å². The van der Waals surface area contributed by atoms with Crippen LogP contribution in [0.2, 0.25) is 0 Å². The Kier molecular flexibility index (Phi) is 4.61. The average molecular weight is 355 g/mol. The lowest BCUT2D eigenvalue weighted by Crippen LogP contribution is -2.24. The number of nitrogens with zero attached hydrogens (tertiary/aromatic N) is 2. The van der Waals surface area contributed by atoms with Crippen molar-refractivity contribution in [3.05, 3.63) is 34.3 Å². The van der Waals surface area contributed by atoms with Crippen LogP contribution >= 0.6 is 0 Å². The first kappa shape index (κ1) is 18.2. The maximum absolute atomic E-state index is 12.2. The summed E-state index contributed by atoms with van der Waals surface area (Å²) in [5, 5.41) is 11.1. The third-order valence-corrected chi connectivity index (χ3v) is 5.36. The minimum atomic E-state index is -1.09. The number of allylic oxidation sites excluding steroid dienone is 2. The summed E-state index contributed by atoms with van der Waals surface area (Å²) in [5.74, 6) is -1.54. The fraction of sp³-hybridized carbons (Fsp3) is 0.450. The van der Waals surface area contributed by atoms with Gasteiger partial charge in [0.1, 0.15) is 0 Å². The molecule has 0 aromatic carbocycles. The Labute approximate surface area is 152 Å². The molecule has 0 fully saturated rings. The van der Waals surface area contributed by atoms with E-state index in [9.17, 15) is 14.7 Å². The number of carbonyl (C=O) groups excluding carboxylic acids is 2. The van der Waals surface area contributed by atoms with Crippen molar-refractivity contribution in [2.75, 3.05) is 6.61 Å². The van der Waals surface area contributed by atoms with Crippen molar-refractivity contribution >= 4 is 17.5 Å². The summed E-state index contributed by atoms with van der Waals surface area (Å²) in [6.07, 6.45) is 0.245. The van der Waals surface area contributed by atoms with E-state index in [2.05, 4.69) is 30.3 Å². The third kappa shape index (κ3) is 2.69. The minimum absolute atomic E-state index is 0.0806. The zero-order valence-corrected chi connectivity index (χ0v) is 15.8. The molecule has 0 bridgehead atoms. The number of rotatable bonds is 5. The highest BCUT2D eigenvalue weighted by molar-refractivity contribution is 5.94. The van der Waals surface area contributed by atoms with Crippen LogP contribution < -0.4 is 5.11 Å². The highest BCUT2D eigenvalue weighted by atomic mass is 16.5. The molecule has 0 saturated heterocycles. The Morgan fingerprint density at radius 3 is 2.62 bits per heavy atom. The molecule has 26 heavy (non-hydrogen) atoms. The van der Waals surface area contributed by atoms with E-state index in [1.54, 1.807) is 6.92 Å². The van der Waals surface area contributed by atoms with Crippen LogP contribution in [0.25, 0.3) is 16.8 Å². The molecule has 0 radical (unpaired) electrons. The van der Waals surface area contributed by atoms with Gasteiger partial charge in [0.2, 0.25) is 0 Å². The summed E-state index contributed by atoms with van der Waals surface area (Å²) in [5.41, 5.74) is 6.87. The lowest BCUT2D eigenvalue weighted by atomic mass is 9.99. The van der Waals surface area contributed by atoms with Gasteiger partial charge in [-0.15, -0.1) is 0 Å². The second-order valence-corrected chi connectivity index (χ2v) is 6.77. The number of carboxylic acids is 1. The van der Waals surface area contributed by atoms with Gasteiger partial charge in [0.25, 0.3) is 0 Å². The normalized spacial score (nSPS) is 16.3. The molecule has 1 atom stereocenters. The molecule has 3 aliphatic heterocycles. The van der Waals surface area contributed by atoms with Crippen LogP contribution in [-0.4, -0.2) is 28.1 Å². The molecule has 0 aromatic rings. The largest absolute Gasteiger partial charge is 0.550 e. The van der Waals surface area contributed by atoms with Crippen LogP contribution in [-0.2, 0) is 16.0 Å². The quantitative estimate of drug-likeness (QED) is 0.770. The van der Waals surface area contributed by atoms with Crippen LogP contribution in [0.1, 0.15) is 67.6 Å². The maximum Gasteiger partial charge on any atom is 0.357 e. The van der Waals surface area contributed by atoms with Gasteiger partial charge in [-0.05, 0) is 70.2 Å². The first-order valence-electron chi connectivity index (χ1n) is 8.87. The summed E-state index contributed by atoms with van der Waals surface area (Å²) in [6, 6.07) is 2.11. The highest BCUT2D eigenvalue weighted by Crippen LogP contribution is 2.43. The molecule has 0 saturated carbocycles. The lowest BCUT2D eigenvalue weighted by Gasteiger charge is -2.22. The second kappa shape index (κ2) is 6.59. The molecule has 3 aliphatic rings. The zero-order valence-electron chi connectivity index (χ0n) is 15.8. The molecule has 0 aliphatic carbocycles. The zero-order chi connectivity index (χ0) is 19.2. The fourth-order valence-electron chi connectivity index (χ4n) is 3.81. The van der Waals surface area contributed by atoms with Crippen molar-refractivity contribution in [3.8, 4) is 11.3 Å². The average Bonchev–Trinajstić information content (AvgIpc) is 3.03. The van der Waals surface area contributed by atoms with Crippen LogP contribution in [0.3, 0.4) is 0 Å². The Hall–Kier alpha value is -2.63. The molecular formula is C20H23N2O4-.